The summed E-state index contributed by atoms with van der Waals surface area (Å²) in [5.74, 6) is -1.74. The van der Waals surface area contributed by atoms with Gasteiger partial charge in [-0.05, 0) is 38.3 Å². The zero-order valence-corrected chi connectivity index (χ0v) is 23.6. The van der Waals surface area contributed by atoms with Crippen LogP contribution in [0.4, 0.5) is 0 Å². The maximum atomic E-state index is 13.3. The summed E-state index contributed by atoms with van der Waals surface area (Å²) < 4.78 is 11.9. The molecule has 12 nitrogen and oxygen atoms in total. The summed E-state index contributed by atoms with van der Waals surface area (Å²) in [6.45, 7) is 4.50. The zero-order chi connectivity index (χ0) is 29.1. The highest BCUT2D eigenvalue weighted by Gasteiger charge is 2.34. The lowest BCUT2D eigenvalue weighted by Crippen LogP contribution is -2.56. The van der Waals surface area contributed by atoms with E-state index in [0.29, 0.717) is 57.1 Å². The molecule has 2 heterocycles. The summed E-state index contributed by atoms with van der Waals surface area (Å²) in [5, 5.41) is 11.3. The average Bonchev–Trinajstić information content (AvgIpc) is 2.93. The topological polar surface area (TPSA) is 173 Å². The summed E-state index contributed by atoms with van der Waals surface area (Å²) in [6.07, 6.45) is 3.00. The number of carboxylic acid groups (broad SMARTS) is 1. The van der Waals surface area contributed by atoms with E-state index < -0.39 is 37.6 Å². The van der Waals surface area contributed by atoms with Crippen molar-refractivity contribution >= 4 is 25.4 Å². The zero-order valence-electron chi connectivity index (χ0n) is 22.7. The highest BCUT2D eigenvalue weighted by atomic mass is 31.2. The fourth-order valence-corrected chi connectivity index (χ4v) is 5.22. The van der Waals surface area contributed by atoms with Crippen LogP contribution in [-0.2, 0) is 20.6 Å². The van der Waals surface area contributed by atoms with Crippen LogP contribution in [0, 0.1) is 0 Å². The molecule has 13 heteroatoms. The number of carbonyl (C=O) groups excluding carboxylic acids is 2. The number of benzene rings is 1. The minimum Gasteiger partial charge on any atom is -0.481 e. The van der Waals surface area contributed by atoms with Gasteiger partial charge < -0.3 is 25.1 Å². The smallest absolute Gasteiger partial charge is 0.328 e. The van der Waals surface area contributed by atoms with Crippen molar-refractivity contribution in [2.75, 3.05) is 38.9 Å². The highest BCUT2D eigenvalue weighted by molar-refractivity contribution is 7.51. The Labute approximate surface area is 234 Å². The van der Waals surface area contributed by atoms with Gasteiger partial charge in [-0.2, -0.15) is 0 Å². The minimum atomic E-state index is -4.65. The van der Waals surface area contributed by atoms with Gasteiger partial charge in [0.2, 0.25) is 5.91 Å². The van der Waals surface area contributed by atoms with E-state index in [-0.39, 0.29) is 12.1 Å². The molecule has 0 aliphatic carbocycles. The molecule has 1 aromatic heterocycles. The second-order valence-electron chi connectivity index (χ2n) is 9.93. The van der Waals surface area contributed by atoms with Crippen LogP contribution in [0.3, 0.4) is 0 Å². The van der Waals surface area contributed by atoms with E-state index in [1.807, 2.05) is 37.3 Å². The summed E-state index contributed by atoms with van der Waals surface area (Å²) in [7, 11) is -4.65. The predicted molar refractivity (Wildman–Crippen MR) is 149 cm³/mol. The Bertz CT molecular complexity index is 1200. The molecule has 0 saturated carbocycles. The first-order valence-corrected chi connectivity index (χ1v) is 15.4. The van der Waals surface area contributed by atoms with Gasteiger partial charge in [-0.25, -0.2) is 9.97 Å². The second-order valence-corrected chi connectivity index (χ2v) is 11.6. The van der Waals surface area contributed by atoms with E-state index in [1.165, 1.54) is 4.90 Å². The normalized spacial score (nSPS) is 15.0. The van der Waals surface area contributed by atoms with Crippen LogP contribution in [0.25, 0.3) is 11.4 Å². The summed E-state index contributed by atoms with van der Waals surface area (Å²) >= 11 is 0. The number of carbonyl (C=O) groups is 3. The van der Waals surface area contributed by atoms with Crippen LogP contribution in [0.15, 0.2) is 36.4 Å². The number of unbranched alkanes of at least 4 members (excludes halogenated alkanes) is 2. The van der Waals surface area contributed by atoms with Crippen LogP contribution in [0.5, 0.6) is 0 Å². The highest BCUT2D eigenvalue weighted by Crippen LogP contribution is 2.35. The van der Waals surface area contributed by atoms with Crippen molar-refractivity contribution in [1.82, 2.24) is 25.1 Å². The van der Waals surface area contributed by atoms with E-state index in [4.69, 9.17) is 5.11 Å². The van der Waals surface area contributed by atoms with Crippen LogP contribution in [0.2, 0.25) is 0 Å². The molecule has 1 fully saturated rings. The van der Waals surface area contributed by atoms with Gasteiger partial charge in [0.25, 0.3) is 5.91 Å². The van der Waals surface area contributed by atoms with E-state index in [1.54, 1.807) is 6.07 Å². The van der Waals surface area contributed by atoms with Gasteiger partial charge in [0.15, 0.2) is 5.82 Å². The van der Waals surface area contributed by atoms with E-state index in [0.717, 1.165) is 24.8 Å². The van der Waals surface area contributed by atoms with Gasteiger partial charge >= 0.3 is 13.6 Å². The number of aliphatic carboxylic acids is 1. The molecular weight excluding hydrogens is 537 g/mol. The van der Waals surface area contributed by atoms with Crippen molar-refractivity contribution in [3.05, 3.63) is 47.8 Å². The molecule has 40 heavy (non-hydrogen) atoms. The number of hydrogen-bond acceptors (Lipinski definition) is 7. The molecular formula is C27H38N5O7P. The van der Waals surface area contributed by atoms with Crippen molar-refractivity contribution in [2.45, 2.75) is 51.5 Å². The Balaban J connectivity index is 1.72. The molecule has 0 bridgehead atoms. The van der Waals surface area contributed by atoms with Crippen molar-refractivity contribution in [3.63, 3.8) is 0 Å². The van der Waals surface area contributed by atoms with Gasteiger partial charge in [-0.15, -0.1) is 0 Å². The fourth-order valence-electron chi connectivity index (χ4n) is 4.50. The first kappa shape index (κ1) is 31.3. The number of amides is 2. The molecule has 2 amide bonds. The molecule has 1 saturated heterocycles. The number of rotatable bonds is 14. The number of nitrogens with zero attached hydrogens (tertiary/aromatic N) is 4. The van der Waals surface area contributed by atoms with Crippen LogP contribution in [0.1, 0.15) is 55.2 Å². The molecule has 1 atom stereocenters. The van der Waals surface area contributed by atoms with E-state index >= 15 is 0 Å². The van der Waals surface area contributed by atoms with Crippen molar-refractivity contribution < 1.29 is 33.8 Å². The first-order chi connectivity index (χ1) is 19.1. The molecule has 0 radical (unpaired) electrons. The maximum absolute atomic E-state index is 13.3. The number of carboxylic acids is 1. The molecule has 4 N–H and O–H groups in total. The molecule has 0 spiro atoms. The van der Waals surface area contributed by atoms with Gasteiger partial charge in [-0.1, -0.05) is 43.7 Å². The molecule has 2 aromatic rings. The Morgan fingerprint density at radius 2 is 1.73 bits per heavy atom. The summed E-state index contributed by atoms with van der Waals surface area (Å²) in [4.78, 5) is 69.3. The lowest BCUT2D eigenvalue weighted by molar-refractivity contribution is -0.137. The van der Waals surface area contributed by atoms with Crippen LogP contribution < -0.4 is 5.32 Å². The Morgan fingerprint density at radius 1 is 1.02 bits per heavy atom. The number of piperazine rings is 1. The first-order valence-electron chi connectivity index (χ1n) is 13.6. The third-order valence-corrected chi connectivity index (χ3v) is 7.49. The molecule has 1 aliphatic rings. The third-order valence-electron chi connectivity index (χ3n) is 6.65. The maximum Gasteiger partial charge on any atom is 0.328 e. The van der Waals surface area contributed by atoms with E-state index in [9.17, 15) is 28.7 Å². The Hall–Kier alpha value is -3.18. The van der Waals surface area contributed by atoms with Crippen LogP contribution in [-0.4, -0.2) is 97.4 Å². The summed E-state index contributed by atoms with van der Waals surface area (Å²) in [6, 6.07) is 9.31. The largest absolute Gasteiger partial charge is 0.481 e. The molecule has 3 rings (SSSR count). The number of aromatic nitrogens is 2. The fraction of sp³-hybridized carbons (Fsp3) is 0.519. The molecule has 1 aliphatic heterocycles. The van der Waals surface area contributed by atoms with Crippen molar-refractivity contribution in [2.24, 2.45) is 0 Å². The monoisotopic (exact) mass is 575 g/mol. The Morgan fingerprint density at radius 3 is 2.35 bits per heavy atom. The molecule has 1 aromatic carbocycles. The molecule has 218 valence electrons. The average molecular weight is 576 g/mol. The van der Waals surface area contributed by atoms with Gasteiger partial charge in [-0.3, -0.25) is 23.8 Å². The SMILES string of the molecule is CCCCc1cc(C(=O)N[C@@H](CP(=O)(O)O)C(=O)N2CCN(CCCCC(=O)O)CC2)nc(-c2ccccc2)n1. The third kappa shape index (κ3) is 10.1. The minimum absolute atomic E-state index is 0.0228. The van der Waals surface area contributed by atoms with Crippen molar-refractivity contribution in [1.29, 1.82) is 0 Å². The lowest BCUT2D eigenvalue weighted by Gasteiger charge is -2.36. The number of aryl methyl sites for hydroxylation is 1. The number of hydrogen-bond donors (Lipinski definition) is 4. The standard InChI is InChI=1S/C27H38N5O7P/c1-2-3-11-21-18-22(29-25(28-21)20-9-5-4-6-10-20)26(35)30-23(19-40(37,38)39)27(36)32-16-14-31(15-17-32)13-8-7-12-24(33)34/h4-6,9-10,18,23H,2-3,7-8,11-17,19H2,1H3,(H,30,35)(H,33,34)(H2,37,38,39)/t23-/m0/s1. The quantitative estimate of drug-likeness (QED) is 0.193. The van der Waals surface area contributed by atoms with Gasteiger partial charge in [0.1, 0.15) is 11.7 Å². The predicted octanol–water partition coefficient (Wildman–Crippen LogP) is 2.16. The Kier molecular flexibility index (Phi) is 11.8. The van der Waals surface area contributed by atoms with Crippen molar-refractivity contribution in [3.8, 4) is 11.4 Å². The van der Waals surface area contributed by atoms with Crippen LogP contribution >= 0.6 is 7.60 Å². The van der Waals surface area contributed by atoms with E-state index in [2.05, 4.69) is 20.2 Å². The second kappa shape index (κ2) is 15.0. The van der Waals surface area contributed by atoms with Gasteiger partial charge in [0.05, 0.1) is 6.16 Å². The van der Waals surface area contributed by atoms with Gasteiger partial charge in [0, 0.05) is 43.9 Å². The number of nitrogens with one attached hydrogen (secondary N) is 1. The lowest BCUT2D eigenvalue weighted by atomic mass is 10.1. The molecule has 0 unspecified atom stereocenters. The summed E-state index contributed by atoms with van der Waals surface area (Å²) in [5.41, 5.74) is 1.41.